The third-order valence-electron chi connectivity index (χ3n) is 5.32. The van der Waals surface area contributed by atoms with Gasteiger partial charge >= 0.3 is 0 Å². The van der Waals surface area contributed by atoms with E-state index < -0.39 is 6.10 Å². The molecule has 1 aromatic rings. The second-order valence-corrected chi connectivity index (χ2v) is 7.37. The smallest absolute Gasteiger partial charge is 0.169 e. The fourth-order valence-corrected chi connectivity index (χ4v) is 3.69. The second kappa shape index (κ2) is 9.81. The van der Waals surface area contributed by atoms with Crippen LogP contribution < -0.4 is 0 Å². The predicted molar refractivity (Wildman–Crippen MR) is 112 cm³/mol. The van der Waals surface area contributed by atoms with Gasteiger partial charge in [-0.15, -0.1) is 0 Å². The van der Waals surface area contributed by atoms with Crippen LogP contribution in [0, 0.1) is 17.1 Å². The first kappa shape index (κ1) is 21.9. The first-order valence-corrected chi connectivity index (χ1v) is 9.81. The lowest BCUT2D eigenvalue weighted by Crippen LogP contribution is -2.35. The molecule has 0 aromatic heterocycles. The maximum atomic E-state index is 14.0. The van der Waals surface area contributed by atoms with Crippen molar-refractivity contribution in [3.05, 3.63) is 64.8 Å². The summed E-state index contributed by atoms with van der Waals surface area (Å²) in [5.74, 6) is -0.418. The summed E-state index contributed by atoms with van der Waals surface area (Å²) in [6.45, 7) is 2.64. The van der Waals surface area contributed by atoms with Crippen LogP contribution in [0.25, 0.3) is 5.57 Å². The maximum Gasteiger partial charge on any atom is 0.169 e. The lowest BCUT2D eigenvalue weighted by molar-refractivity contribution is -0.125. The van der Waals surface area contributed by atoms with Crippen molar-refractivity contribution in [1.29, 1.82) is 5.26 Å². The molecule has 1 atom stereocenters. The van der Waals surface area contributed by atoms with Gasteiger partial charge in [-0.2, -0.15) is 5.26 Å². The summed E-state index contributed by atoms with van der Waals surface area (Å²) in [5.41, 5.74) is 3.23. The molecule has 0 saturated heterocycles. The highest BCUT2D eigenvalue weighted by molar-refractivity contribution is 5.98. The molecule has 0 radical (unpaired) electrons. The van der Waals surface area contributed by atoms with Crippen LogP contribution in [-0.4, -0.2) is 69.2 Å². The Morgan fingerprint density at radius 3 is 2.80 bits per heavy atom. The molecule has 0 saturated carbocycles. The van der Waals surface area contributed by atoms with Gasteiger partial charge in [0.2, 0.25) is 0 Å². The maximum absolute atomic E-state index is 14.0. The molecule has 0 N–H and O–H groups in total. The largest absolute Gasteiger partial charge is 0.383 e. The number of carbonyl (C=O) groups excluding carboxylic acids is 1. The third kappa shape index (κ3) is 4.68. The first-order valence-electron chi connectivity index (χ1n) is 9.81. The number of carbonyl (C=O) groups is 1. The molecule has 7 heteroatoms. The average Bonchev–Trinajstić information content (AvgIpc) is 2.74. The van der Waals surface area contributed by atoms with Crippen molar-refractivity contribution >= 4 is 11.4 Å². The summed E-state index contributed by atoms with van der Waals surface area (Å²) in [4.78, 5) is 16.4. The Morgan fingerprint density at radius 1 is 1.33 bits per heavy atom. The molecule has 0 spiro atoms. The molecule has 3 rings (SSSR count). The Hall–Kier alpha value is -2.79. The summed E-state index contributed by atoms with van der Waals surface area (Å²) in [5, 5.41) is 10.0. The van der Waals surface area contributed by atoms with Crippen LogP contribution >= 0.6 is 0 Å². The normalized spacial score (nSPS) is 18.9. The number of fused-ring (bicyclic) bond motifs is 1. The lowest BCUT2D eigenvalue weighted by Gasteiger charge is -2.34. The average molecular weight is 411 g/mol. The van der Waals surface area contributed by atoms with Crippen molar-refractivity contribution in [1.82, 2.24) is 9.80 Å². The van der Waals surface area contributed by atoms with E-state index in [1.807, 2.05) is 18.1 Å². The van der Waals surface area contributed by atoms with Crippen molar-refractivity contribution in [2.45, 2.75) is 12.5 Å². The number of Topliss-reactive ketones (excluding diaryl/α,β-unsaturated/α-hetero) is 1. The van der Waals surface area contributed by atoms with Crippen molar-refractivity contribution in [3.63, 3.8) is 0 Å². The van der Waals surface area contributed by atoms with Crippen LogP contribution in [0.15, 0.2) is 53.4 Å². The summed E-state index contributed by atoms with van der Waals surface area (Å²) < 4.78 is 24.4. The molecule has 1 unspecified atom stereocenters. The molecule has 0 bridgehead atoms. The van der Waals surface area contributed by atoms with Gasteiger partial charge in [-0.25, -0.2) is 4.39 Å². The number of nitriles is 1. The number of likely N-dealkylation sites (N-methyl/N-ethyl adjacent to an activating group) is 1. The molecule has 6 nitrogen and oxygen atoms in total. The number of ether oxygens (including phenoxy) is 2. The SMILES string of the molecule is COCCN(C)CCN1C=C2CC(=O)C(OC)C=C2C(c2cccc(F)c2)=C1C#N. The fraction of sp³-hybridized carbons (Fsp3) is 0.391. The zero-order valence-electron chi connectivity index (χ0n) is 17.5. The lowest BCUT2D eigenvalue weighted by atomic mass is 9.81. The van der Waals surface area contributed by atoms with Gasteiger partial charge in [-0.3, -0.25) is 4.79 Å². The summed E-state index contributed by atoms with van der Waals surface area (Å²) in [6, 6.07) is 8.48. The number of ketones is 1. The summed E-state index contributed by atoms with van der Waals surface area (Å²) >= 11 is 0. The quantitative estimate of drug-likeness (QED) is 0.655. The van der Waals surface area contributed by atoms with Crippen LogP contribution in [0.4, 0.5) is 4.39 Å². The van der Waals surface area contributed by atoms with E-state index in [2.05, 4.69) is 11.0 Å². The number of benzene rings is 1. The minimum absolute atomic E-state index is 0.0383. The molecule has 0 amide bonds. The molecular formula is C23H26FN3O3. The van der Waals surface area contributed by atoms with E-state index in [0.717, 1.165) is 17.7 Å². The fourth-order valence-electron chi connectivity index (χ4n) is 3.69. The minimum atomic E-state index is -0.674. The Labute approximate surface area is 176 Å². The van der Waals surface area contributed by atoms with Crippen molar-refractivity contribution in [2.24, 2.45) is 0 Å². The van der Waals surface area contributed by atoms with Gasteiger partial charge in [-0.05, 0) is 42.0 Å². The van der Waals surface area contributed by atoms with Crippen LogP contribution in [-0.2, 0) is 14.3 Å². The van der Waals surface area contributed by atoms with Gasteiger partial charge in [0.1, 0.15) is 23.7 Å². The van der Waals surface area contributed by atoms with Gasteiger partial charge < -0.3 is 19.3 Å². The third-order valence-corrected chi connectivity index (χ3v) is 5.32. The Kier molecular flexibility index (Phi) is 7.16. The molecule has 2 aliphatic rings. The monoisotopic (exact) mass is 411 g/mol. The zero-order chi connectivity index (χ0) is 21.7. The van der Waals surface area contributed by atoms with Gasteiger partial charge in [0.05, 0.1) is 6.61 Å². The van der Waals surface area contributed by atoms with Gasteiger partial charge in [0.15, 0.2) is 5.78 Å². The second-order valence-electron chi connectivity index (χ2n) is 7.37. The van der Waals surface area contributed by atoms with Crippen LogP contribution in [0.2, 0.25) is 0 Å². The summed E-state index contributed by atoms with van der Waals surface area (Å²) in [7, 11) is 5.13. The molecule has 30 heavy (non-hydrogen) atoms. The number of rotatable bonds is 8. The van der Waals surface area contributed by atoms with Crippen molar-refractivity contribution < 1.29 is 18.7 Å². The van der Waals surface area contributed by atoms with E-state index in [-0.39, 0.29) is 18.0 Å². The zero-order valence-corrected chi connectivity index (χ0v) is 17.5. The molecular weight excluding hydrogens is 385 g/mol. The van der Waals surface area contributed by atoms with Crippen molar-refractivity contribution in [2.75, 3.05) is 47.5 Å². The Bertz CT molecular complexity index is 945. The number of nitrogens with zero attached hydrogens (tertiary/aromatic N) is 3. The Morgan fingerprint density at radius 2 is 2.13 bits per heavy atom. The number of allylic oxidation sites excluding steroid dienone is 4. The topological polar surface area (TPSA) is 65.8 Å². The molecule has 158 valence electrons. The molecule has 1 heterocycles. The minimum Gasteiger partial charge on any atom is -0.383 e. The van der Waals surface area contributed by atoms with E-state index in [4.69, 9.17) is 9.47 Å². The molecule has 1 aromatic carbocycles. The highest BCUT2D eigenvalue weighted by Crippen LogP contribution is 2.41. The molecule has 1 aliphatic carbocycles. The standard InChI is InChI=1S/C23H26FN3O3/c1-26(9-10-29-2)7-8-27-15-17-12-21(28)22(30-3)13-19(17)23(20(27)14-25)16-5-4-6-18(24)11-16/h4-6,11,13,15,22H,7-10,12H2,1-3H3. The van der Waals surface area contributed by atoms with Gasteiger partial charge in [0.25, 0.3) is 0 Å². The van der Waals surface area contributed by atoms with Gasteiger partial charge in [0, 0.05) is 52.0 Å². The van der Waals surface area contributed by atoms with E-state index in [9.17, 15) is 14.4 Å². The number of halogens is 1. The number of hydrogen-bond donors (Lipinski definition) is 0. The van der Waals surface area contributed by atoms with Crippen LogP contribution in [0.3, 0.4) is 0 Å². The van der Waals surface area contributed by atoms with E-state index in [0.29, 0.717) is 36.5 Å². The van der Waals surface area contributed by atoms with Gasteiger partial charge in [-0.1, -0.05) is 12.1 Å². The highest BCUT2D eigenvalue weighted by atomic mass is 19.1. The van der Waals surface area contributed by atoms with E-state index >= 15 is 0 Å². The van der Waals surface area contributed by atoms with E-state index in [1.165, 1.54) is 19.2 Å². The molecule has 1 aliphatic heterocycles. The van der Waals surface area contributed by atoms with E-state index in [1.54, 1.807) is 25.3 Å². The van der Waals surface area contributed by atoms with Crippen LogP contribution in [0.1, 0.15) is 12.0 Å². The number of methoxy groups -OCH3 is 2. The Balaban J connectivity index is 2.03. The van der Waals surface area contributed by atoms with Crippen LogP contribution in [0.5, 0.6) is 0 Å². The molecule has 0 fully saturated rings. The first-order chi connectivity index (χ1) is 14.5. The number of hydrogen-bond acceptors (Lipinski definition) is 6. The highest BCUT2D eigenvalue weighted by Gasteiger charge is 2.33. The summed E-state index contributed by atoms with van der Waals surface area (Å²) in [6.07, 6.45) is 3.13. The predicted octanol–water partition coefficient (Wildman–Crippen LogP) is 2.75. The van der Waals surface area contributed by atoms with Crippen molar-refractivity contribution in [3.8, 4) is 6.07 Å².